The maximum absolute atomic E-state index is 4.57. The summed E-state index contributed by atoms with van der Waals surface area (Å²) in [6.45, 7) is 7.89. The minimum atomic E-state index is 0.821. The van der Waals surface area contributed by atoms with E-state index in [1.54, 1.807) is 0 Å². The monoisotopic (exact) mass is 298 g/mol. The lowest BCUT2D eigenvalue weighted by atomic mass is 10.2. The van der Waals surface area contributed by atoms with Crippen LogP contribution in [0.2, 0.25) is 0 Å². The molecule has 0 aromatic carbocycles. The zero-order chi connectivity index (χ0) is 15.2. The van der Waals surface area contributed by atoms with Gasteiger partial charge in [0.25, 0.3) is 0 Å². The second-order valence-corrected chi connectivity index (χ2v) is 5.39. The van der Waals surface area contributed by atoms with Crippen molar-refractivity contribution in [3.63, 3.8) is 0 Å². The summed E-state index contributed by atoms with van der Waals surface area (Å²) in [6, 6.07) is 6.07. The van der Waals surface area contributed by atoms with Crippen molar-refractivity contribution in [2.45, 2.75) is 13.5 Å². The van der Waals surface area contributed by atoms with E-state index < -0.39 is 0 Å². The highest BCUT2D eigenvalue weighted by Crippen LogP contribution is 2.14. The van der Waals surface area contributed by atoms with E-state index in [1.807, 2.05) is 24.7 Å². The van der Waals surface area contributed by atoms with Gasteiger partial charge in [0.05, 0.1) is 0 Å². The van der Waals surface area contributed by atoms with Gasteiger partial charge in [-0.05, 0) is 30.7 Å². The van der Waals surface area contributed by atoms with Crippen molar-refractivity contribution >= 4 is 11.8 Å². The number of nitrogens with one attached hydrogen (secondary N) is 1. The molecule has 3 rings (SSSR count). The quantitative estimate of drug-likeness (QED) is 0.905. The molecular weight excluding hydrogens is 276 g/mol. The van der Waals surface area contributed by atoms with Gasteiger partial charge >= 0.3 is 0 Å². The molecule has 1 aliphatic rings. The largest absolute Gasteiger partial charge is 0.370 e. The molecule has 2 aromatic rings. The molecule has 0 unspecified atom stereocenters. The second-order valence-electron chi connectivity index (χ2n) is 5.39. The third-order valence-electron chi connectivity index (χ3n) is 3.81. The van der Waals surface area contributed by atoms with Crippen LogP contribution in [0, 0.1) is 0 Å². The lowest BCUT2D eigenvalue weighted by Crippen LogP contribution is -2.46. The predicted octanol–water partition coefficient (Wildman–Crippen LogP) is 1.63. The molecule has 3 heterocycles. The van der Waals surface area contributed by atoms with Gasteiger partial charge < -0.3 is 10.2 Å². The van der Waals surface area contributed by atoms with Gasteiger partial charge in [-0.2, -0.15) is 4.98 Å². The molecule has 1 aliphatic heterocycles. The fraction of sp³-hybridized carbons (Fsp3) is 0.438. The van der Waals surface area contributed by atoms with Crippen LogP contribution < -0.4 is 10.2 Å². The fourth-order valence-electron chi connectivity index (χ4n) is 2.63. The van der Waals surface area contributed by atoms with E-state index in [1.165, 1.54) is 5.56 Å². The fourth-order valence-corrected chi connectivity index (χ4v) is 2.63. The smallest absolute Gasteiger partial charge is 0.227 e. The normalized spacial score (nSPS) is 15.8. The van der Waals surface area contributed by atoms with Crippen LogP contribution in [0.5, 0.6) is 0 Å². The molecule has 116 valence electrons. The predicted molar refractivity (Wildman–Crippen MR) is 87.9 cm³/mol. The van der Waals surface area contributed by atoms with Crippen LogP contribution in [-0.2, 0) is 6.54 Å². The summed E-state index contributed by atoms with van der Waals surface area (Å²) in [4.78, 5) is 17.8. The Morgan fingerprint density at radius 3 is 2.55 bits per heavy atom. The molecule has 1 saturated heterocycles. The molecule has 0 aliphatic carbocycles. The van der Waals surface area contributed by atoms with Crippen LogP contribution in [0.15, 0.2) is 36.8 Å². The van der Waals surface area contributed by atoms with Gasteiger partial charge in [0.15, 0.2) is 0 Å². The number of rotatable bonds is 5. The topological polar surface area (TPSA) is 57.2 Å². The van der Waals surface area contributed by atoms with Crippen molar-refractivity contribution in [1.29, 1.82) is 0 Å². The summed E-state index contributed by atoms with van der Waals surface area (Å²) in [6.07, 6.45) is 5.53. The van der Waals surface area contributed by atoms with E-state index in [2.05, 4.69) is 49.1 Å². The van der Waals surface area contributed by atoms with Crippen LogP contribution in [0.3, 0.4) is 0 Å². The minimum Gasteiger partial charge on any atom is -0.370 e. The highest BCUT2D eigenvalue weighted by Gasteiger charge is 2.19. The number of hydrogen-bond acceptors (Lipinski definition) is 6. The van der Waals surface area contributed by atoms with Gasteiger partial charge in [0, 0.05) is 57.9 Å². The molecule has 0 atom stereocenters. The Hall–Kier alpha value is -2.21. The first-order chi connectivity index (χ1) is 10.8. The molecule has 2 aromatic heterocycles. The van der Waals surface area contributed by atoms with Gasteiger partial charge in [-0.25, -0.2) is 4.98 Å². The molecule has 6 nitrogen and oxygen atoms in total. The Balaban J connectivity index is 1.56. The lowest BCUT2D eigenvalue weighted by molar-refractivity contribution is 0.248. The summed E-state index contributed by atoms with van der Waals surface area (Å²) in [5.41, 5.74) is 1.31. The van der Waals surface area contributed by atoms with Crippen LogP contribution in [-0.4, -0.2) is 52.6 Å². The highest BCUT2D eigenvalue weighted by molar-refractivity contribution is 5.41. The van der Waals surface area contributed by atoms with Gasteiger partial charge in [0.2, 0.25) is 5.95 Å². The second kappa shape index (κ2) is 7.17. The van der Waals surface area contributed by atoms with Gasteiger partial charge in [0.1, 0.15) is 5.82 Å². The van der Waals surface area contributed by atoms with Crippen molar-refractivity contribution in [1.82, 2.24) is 19.9 Å². The first-order valence-electron chi connectivity index (χ1n) is 7.78. The summed E-state index contributed by atoms with van der Waals surface area (Å²) >= 11 is 0. The zero-order valence-electron chi connectivity index (χ0n) is 12.9. The van der Waals surface area contributed by atoms with Crippen LogP contribution in [0.4, 0.5) is 11.8 Å². The number of hydrogen-bond donors (Lipinski definition) is 1. The molecule has 0 radical (unpaired) electrons. The van der Waals surface area contributed by atoms with Crippen molar-refractivity contribution in [2.24, 2.45) is 0 Å². The van der Waals surface area contributed by atoms with E-state index in [0.717, 1.165) is 51.0 Å². The molecule has 0 amide bonds. The maximum Gasteiger partial charge on any atom is 0.227 e. The SMILES string of the molecule is CCNc1ccnc(N2CCN(Cc3ccncc3)CC2)n1. The molecule has 1 fully saturated rings. The summed E-state index contributed by atoms with van der Waals surface area (Å²) < 4.78 is 0. The van der Waals surface area contributed by atoms with E-state index >= 15 is 0 Å². The molecule has 0 saturated carbocycles. The summed E-state index contributed by atoms with van der Waals surface area (Å²) in [5, 5.41) is 3.23. The zero-order valence-corrected chi connectivity index (χ0v) is 12.9. The molecule has 6 heteroatoms. The lowest BCUT2D eigenvalue weighted by Gasteiger charge is -2.34. The summed E-state index contributed by atoms with van der Waals surface area (Å²) in [7, 11) is 0. The van der Waals surface area contributed by atoms with Crippen molar-refractivity contribution in [3.05, 3.63) is 42.4 Å². The van der Waals surface area contributed by atoms with Crippen molar-refractivity contribution in [2.75, 3.05) is 42.9 Å². The Morgan fingerprint density at radius 1 is 1.05 bits per heavy atom. The highest BCUT2D eigenvalue weighted by atomic mass is 15.3. The van der Waals surface area contributed by atoms with Crippen molar-refractivity contribution in [3.8, 4) is 0 Å². The molecular formula is C16H22N6. The number of nitrogens with zero attached hydrogens (tertiary/aromatic N) is 5. The van der Waals surface area contributed by atoms with E-state index in [-0.39, 0.29) is 0 Å². The Morgan fingerprint density at radius 2 is 1.82 bits per heavy atom. The average Bonchev–Trinajstić information content (AvgIpc) is 2.57. The van der Waals surface area contributed by atoms with E-state index in [9.17, 15) is 0 Å². The van der Waals surface area contributed by atoms with E-state index in [0.29, 0.717) is 0 Å². The number of anilines is 2. The van der Waals surface area contributed by atoms with Gasteiger partial charge in [-0.1, -0.05) is 0 Å². The Bertz CT molecular complexity index is 580. The van der Waals surface area contributed by atoms with Crippen LogP contribution in [0.25, 0.3) is 0 Å². The van der Waals surface area contributed by atoms with Crippen LogP contribution in [0.1, 0.15) is 12.5 Å². The molecule has 0 bridgehead atoms. The average molecular weight is 298 g/mol. The summed E-state index contributed by atoms with van der Waals surface area (Å²) in [5.74, 6) is 1.72. The Kier molecular flexibility index (Phi) is 4.80. The number of pyridine rings is 1. The third-order valence-corrected chi connectivity index (χ3v) is 3.81. The Labute approximate surface area is 131 Å². The minimum absolute atomic E-state index is 0.821. The molecule has 0 spiro atoms. The first-order valence-corrected chi connectivity index (χ1v) is 7.78. The van der Waals surface area contributed by atoms with Crippen LogP contribution >= 0.6 is 0 Å². The van der Waals surface area contributed by atoms with E-state index in [4.69, 9.17) is 0 Å². The molecule has 1 N–H and O–H groups in total. The number of piperazine rings is 1. The standard InChI is InChI=1S/C16H22N6/c1-2-18-15-5-8-19-16(20-15)22-11-9-21(10-12-22)13-14-3-6-17-7-4-14/h3-8H,2,9-13H2,1H3,(H,18,19,20). The number of aromatic nitrogens is 3. The first kappa shape index (κ1) is 14.7. The third kappa shape index (κ3) is 3.71. The maximum atomic E-state index is 4.57. The van der Waals surface area contributed by atoms with Gasteiger partial charge in [-0.3, -0.25) is 9.88 Å². The van der Waals surface area contributed by atoms with Crippen molar-refractivity contribution < 1.29 is 0 Å². The molecule has 22 heavy (non-hydrogen) atoms. The van der Waals surface area contributed by atoms with Gasteiger partial charge in [-0.15, -0.1) is 0 Å².